The van der Waals surface area contributed by atoms with Crippen molar-refractivity contribution in [3.05, 3.63) is 28.8 Å². The summed E-state index contributed by atoms with van der Waals surface area (Å²) in [4.78, 5) is 2.54. The largest absolute Gasteiger partial charge is 0.371 e. The van der Waals surface area contributed by atoms with Crippen LogP contribution in [0.25, 0.3) is 0 Å². The Kier molecular flexibility index (Phi) is 6.03. The fraction of sp³-hybridized carbons (Fsp3) is 0.625. The molecule has 1 saturated heterocycles. The van der Waals surface area contributed by atoms with Crippen LogP contribution in [0.2, 0.25) is 5.02 Å². The third-order valence-corrected chi connectivity index (χ3v) is 4.91. The van der Waals surface area contributed by atoms with Crippen molar-refractivity contribution in [2.45, 2.75) is 44.4 Å². The van der Waals surface area contributed by atoms with Crippen LogP contribution in [0, 0.1) is 5.92 Å². The number of anilines is 1. The normalized spacial score (nSPS) is 20.4. The van der Waals surface area contributed by atoms with Gasteiger partial charge in [-0.2, -0.15) is 0 Å². The fourth-order valence-corrected chi connectivity index (χ4v) is 3.72. The number of hydrogen-bond donors (Lipinski definition) is 0. The van der Waals surface area contributed by atoms with Gasteiger partial charge in [0.2, 0.25) is 0 Å². The molecule has 2 rings (SSSR count). The van der Waals surface area contributed by atoms with Crippen LogP contribution in [0.15, 0.2) is 18.2 Å². The molecule has 106 valence electrons. The van der Waals surface area contributed by atoms with Gasteiger partial charge in [0.1, 0.15) is 0 Å². The Balaban J connectivity index is 2.09. The molecule has 1 aliphatic rings. The van der Waals surface area contributed by atoms with E-state index in [1.807, 2.05) is 6.07 Å². The van der Waals surface area contributed by atoms with Gasteiger partial charge in [-0.05, 0) is 48.9 Å². The van der Waals surface area contributed by atoms with Gasteiger partial charge in [0.15, 0.2) is 0 Å². The van der Waals surface area contributed by atoms with Gasteiger partial charge in [-0.1, -0.05) is 47.3 Å². The molecule has 0 aromatic heterocycles. The molecule has 1 heterocycles. The molecule has 0 radical (unpaired) electrons. The maximum atomic E-state index is 6.09. The Hall–Kier alpha value is -0.210. The van der Waals surface area contributed by atoms with Crippen LogP contribution >= 0.6 is 27.5 Å². The molecule has 1 fully saturated rings. The van der Waals surface area contributed by atoms with Crippen LogP contribution in [0.5, 0.6) is 0 Å². The summed E-state index contributed by atoms with van der Waals surface area (Å²) in [7, 11) is 0. The highest BCUT2D eigenvalue weighted by Gasteiger charge is 2.18. The minimum Gasteiger partial charge on any atom is -0.371 e. The Morgan fingerprint density at radius 3 is 2.89 bits per heavy atom. The van der Waals surface area contributed by atoms with E-state index in [1.54, 1.807) is 0 Å². The minimum absolute atomic E-state index is 0.830. The first-order chi connectivity index (χ1) is 9.24. The van der Waals surface area contributed by atoms with E-state index in [0.29, 0.717) is 0 Å². The van der Waals surface area contributed by atoms with E-state index in [4.69, 9.17) is 11.6 Å². The van der Waals surface area contributed by atoms with Crippen molar-refractivity contribution in [3.63, 3.8) is 0 Å². The maximum absolute atomic E-state index is 6.09. The average molecular weight is 345 g/mol. The van der Waals surface area contributed by atoms with Crippen LogP contribution in [0.1, 0.15) is 44.6 Å². The van der Waals surface area contributed by atoms with E-state index >= 15 is 0 Å². The summed E-state index contributed by atoms with van der Waals surface area (Å²) >= 11 is 9.67. The number of nitrogens with zero attached hydrogens (tertiary/aromatic N) is 1. The second kappa shape index (κ2) is 7.54. The second-order valence-electron chi connectivity index (χ2n) is 5.48. The standard InChI is InChI=1S/C16H23BrClN/c1-2-4-13-5-3-9-19(10-8-13)16-7-6-15(18)11-14(16)12-17/h6-7,11,13H,2-5,8-10,12H2,1H3. The van der Waals surface area contributed by atoms with Gasteiger partial charge in [0.25, 0.3) is 0 Å². The van der Waals surface area contributed by atoms with E-state index in [2.05, 4.69) is 39.9 Å². The van der Waals surface area contributed by atoms with Crippen LogP contribution < -0.4 is 4.90 Å². The Morgan fingerprint density at radius 2 is 2.16 bits per heavy atom. The zero-order valence-electron chi connectivity index (χ0n) is 11.7. The second-order valence-corrected chi connectivity index (χ2v) is 6.48. The van der Waals surface area contributed by atoms with Crippen molar-refractivity contribution >= 4 is 33.2 Å². The van der Waals surface area contributed by atoms with Gasteiger partial charge in [-0.25, -0.2) is 0 Å². The number of alkyl halides is 1. The minimum atomic E-state index is 0.830. The van der Waals surface area contributed by atoms with Crippen LogP contribution in [0.3, 0.4) is 0 Å². The Morgan fingerprint density at radius 1 is 1.32 bits per heavy atom. The molecule has 0 amide bonds. The molecular weight excluding hydrogens is 322 g/mol. The van der Waals surface area contributed by atoms with Gasteiger partial charge in [-0.3, -0.25) is 0 Å². The molecule has 0 N–H and O–H groups in total. The molecule has 19 heavy (non-hydrogen) atoms. The Labute approximate surface area is 130 Å². The first-order valence-corrected chi connectivity index (χ1v) is 8.84. The first-order valence-electron chi connectivity index (χ1n) is 7.34. The monoisotopic (exact) mass is 343 g/mol. The molecule has 0 bridgehead atoms. The summed E-state index contributed by atoms with van der Waals surface area (Å²) < 4.78 is 0. The third kappa shape index (κ3) is 4.13. The van der Waals surface area contributed by atoms with Crippen molar-refractivity contribution in [1.29, 1.82) is 0 Å². The van der Waals surface area contributed by atoms with Crippen LogP contribution in [-0.4, -0.2) is 13.1 Å². The van der Waals surface area contributed by atoms with Gasteiger partial charge in [0, 0.05) is 29.1 Å². The zero-order chi connectivity index (χ0) is 13.7. The highest BCUT2D eigenvalue weighted by molar-refractivity contribution is 9.08. The maximum Gasteiger partial charge on any atom is 0.0410 e. The molecule has 1 aliphatic heterocycles. The molecular formula is C16H23BrClN. The number of benzene rings is 1. The van der Waals surface area contributed by atoms with Gasteiger partial charge in [-0.15, -0.1) is 0 Å². The van der Waals surface area contributed by atoms with E-state index in [9.17, 15) is 0 Å². The lowest BCUT2D eigenvalue weighted by Gasteiger charge is -2.25. The molecule has 1 nitrogen and oxygen atoms in total. The van der Waals surface area contributed by atoms with Crippen molar-refractivity contribution < 1.29 is 0 Å². The summed E-state index contributed by atoms with van der Waals surface area (Å²) in [5.74, 6) is 0.926. The van der Waals surface area contributed by atoms with Gasteiger partial charge >= 0.3 is 0 Å². The average Bonchev–Trinajstić information content (AvgIpc) is 2.65. The molecule has 1 atom stereocenters. The molecule has 0 aliphatic carbocycles. The molecule has 0 spiro atoms. The fourth-order valence-electron chi connectivity index (χ4n) is 3.07. The first kappa shape index (κ1) is 15.2. The van der Waals surface area contributed by atoms with E-state index in [-0.39, 0.29) is 0 Å². The lowest BCUT2D eigenvalue weighted by Crippen LogP contribution is -2.25. The lowest BCUT2D eigenvalue weighted by atomic mass is 9.96. The summed E-state index contributed by atoms with van der Waals surface area (Å²) in [5.41, 5.74) is 2.67. The summed E-state index contributed by atoms with van der Waals surface area (Å²) in [6.45, 7) is 4.67. The van der Waals surface area contributed by atoms with Gasteiger partial charge in [0.05, 0.1) is 0 Å². The summed E-state index contributed by atoms with van der Waals surface area (Å²) in [6.07, 6.45) is 6.74. The highest BCUT2D eigenvalue weighted by Crippen LogP contribution is 2.30. The number of rotatable bonds is 4. The molecule has 1 aromatic carbocycles. The Bertz CT molecular complexity index is 408. The third-order valence-electron chi connectivity index (χ3n) is 4.07. The van der Waals surface area contributed by atoms with Crippen LogP contribution in [0.4, 0.5) is 5.69 Å². The van der Waals surface area contributed by atoms with Crippen molar-refractivity contribution in [1.82, 2.24) is 0 Å². The lowest BCUT2D eigenvalue weighted by molar-refractivity contribution is 0.435. The van der Waals surface area contributed by atoms with E-state index < -0.39 is 0 Å². The smallest absolute Gasteiger partial charge is 0.0410 e. The quantitative estimate of drug-likeness (QED) is 0.639. The topological polar surface area (TPSA) is 3.24 Å². The molecule has 3 heteroatoms. The highest BCUT2D eigenvalue weighted by atomic mass is 79.9. The van der Waals surface area contributed by atoms with Gasteiger partial charge < -0.3 is 4.90 Å². The predicted octanol–water partition coefficient (Wildman–Crippen LogP) is 5.64. The van der Waals surface area contributed by atoms with E-state index in [1.165, 1.54) is 56.4 Å². The van der Waals surface area contributed by atoms with Crippen molar-refractivity contribution in [2.24, 2.45) is 5.92 Å². The molecule has 1 aromatic rings. The van der Waals surface area contributed by atoms with Crippen molar-refractivity contribution in [3.8, 4) is 0 Å². The zero-order valence-corrected chi connectivity index (χ0v) is 14.0. The van der Waals surface area contributed by atoms with Crippen molar-refractivity contribution in [2.75, 3.05) is 18.0 Å². The summed E-state index contributed by atoms with van der Waals surface area (Å²) in [5, 5.41) is 1.70. The molecule has 0 saturated carbocycles. The molecule has 1 unspecified atom stereocenters. The number of halogens is 2. The van der Waals surface area contributed by atoms with E-state index in [0.717, 1.165) is 16.3 Å². The predicted molar refractivity (Wildman–Crippen MR) is 88.5 cm³/mol. The SMILES string of the molecule is CCCC1CCCN(c2ccc(Cl)cc2CBr)CC1. The van der Waals surface area contributed by atoms with Crippen LogP contribution in [-0.2, 0) is 5.33 Å². The number of hydrogen-bond acceptors (Lipinski definition) is 1. The summed E-state index contributed by atoms with van der Waals surface area (Å²) in [6, 6.07) is 6.27.